The zero-order valence-corrected chi connectivity index (χ0v) is 34.2. The van der Waals surface area contributed by atoms with Crippen LogP contribution in [0.2, 0.25) is 0 Å². The van der Waals surface area contributed by atoms with Crippen molar-refractivity contribution in [2.24, 2.45) is 0 Å². The number of anilines is 3. The van der Waals surface area contributed by atoms with Gasteiger partial charge in [0.25, 0.3) is 0 Å². The largest absolute Gasteiger partial charge is 0.455 e. The molecule has 0 atom stereocenters. The fourth-order valence-electron chi connectivity index (χ4n) is 10.1. The average molecular weight is 803 g/mol. The average Bonchev–Trinajstić information content (AvgIpc) is 3.89. The highest BCUT2D eigenvalue weighted by Crippen LogP contribution is 2.46. The molecule has 294 valence electrons. The summed E-state index contributed by atoms with van der Waals surface area (Å²) < 4.78 is 9.20. The Bertz CT molecular complexity index is 3860. The number of nitrogens with zero attached hydrogens (tertiary/aromatic N) is 2. The molecule has 13 rings (SSSR count). The molecule has 13 aromatic rings. The van der Waals surface area contributed by atoms with Gasteiger partial charge in [0.05, 0.1) is 16.7 Å². The fraction of sp³-hybridized carbons (Fsp3) is 0. The van der Waals surface area contributed by atoms with Gasteiger partial charge in [-0.3, -0.25) is 0 Å². The monoisotopic (exact) mass is 802 g/mol. The molecule has 0 aliphatic heterocycles. The minimum Gasteiger partial charge on any atom is -0.455 e. The molecule has 63 heavy (non-hydrogen) atoms. The summed E-state index contributed by atoms with van der Waals surface area (Å²) in [5.41, 5.74) is 13.0. The molecule has 3 nitrogen and oxygen atoms in total. The van der Waals surface area contributed by atoms with E-state index in [9.17, 15) is 0 Å². The smallest absolute Gasteiger partial charge is 0.143 e. The van der Waals surface area contributed by atoms with E-state index in [0.717, 1.165) is 55.8 Å². The van der Waals surface area contributed by atoms with E-state index in [1.165, 1.54) is 65.3 Å². The molecule has 0 N–H and O–H groups in total. The lowest BCUT2D eigenvalue weighted by molar-refractivity contribution is 0.670. The molecule has 0 amide bonds. The Hall–Kier alpha value is -8.40. The van der Waals surface area contributed by atoms with E-state index < -0.39 is 0 Å². The third-order valence-corrected chi connectivity index (χ3v) is 13.0. The van der Waals surface area contributed by atoms with Crippen LogP contribution in [0.5, 0.6) is 0 Å². The molecule has 0 saturated carbocycles. The lowest BCUT2D eigenvalue weighted by Crippen LogP contribution is -2.11. The minimum atomic E-state index is 0.885. The van der Waals surface area contributed by atoms with Crippen molar-refractivity contribution in [3.63, 3.8) is 0 Å². The second-order valence-electron chi connectivity index (χ2n) is 16.5. The summed E-state index contributed by atoms with van der Waals surface area (Å²) in [4.78, 5) is 2.39. The first-order valence-electron chi connectivity index (χ1n) is 21.6. The van der Waals surface area contributed by atoms with Gasteiger partial charge in [0.15, 0.2) is 0 Å². The Morgan fingerprint density at radius 2 is 0.873 bits per heavy atom. The van der Waals surface area contributed by atoms with Gasteiger partial charge in [-0.1, -0.05) is 158 Å². The third-order valence-electron chi connectivity index (χ3n) is 13.0. The van der Waals surface area contributed by atoms with Crippen LogP contribution in [0, 0.1) is 0 Å². The predicted octanol–water partition coefficient (Wildman–Crippen LogP) is 16.9. The highest BCUT2D eigenvalue weighted by Gasteiger charge is 2.22. The van der Waals surface area contributed by atoms with Gasteiger partial charge in [-0.25, -0.2) is 0 Å². The summed E-state index contributed by atoms with van der Waals surface area (Å²) in [6, 6.07) is 83.5. The van der Waals surface area contributed by atoms with Gasteiger partial charge in [0.1, 0.15) is 11.2 Å². The molecule has 0 fully saturated rings. The lowest BCUT2D eigenvalue weighted by Gasteiger charge is -2.28. The standard InChI is InChI=1S/C60H38N2O/c1-2-15-41-38-59-55(36-40(41)14-1)53-24-13-23-52(60(53)63-59)51-22-9-10-25-56(51)61(44-32-34-45(35-33-44)62-57-26-11-7-20-49(57)50-21-8-12-27-58(50)62)43-30-28-39(29-31-43)54-37-42-16-3-4-17-46(42)47-18-5-6-19-48(47)54/h1-38H. The highest BCUT2D eigenvalue weighted by molar-refractivity contribution is 6.15. The van der Waals surface area contributed by atoms with Crippen molar-refractivity contribution < 1.29 is 4.42 Å². The summed E-state index contributed by atoms with van der Waals surface area (Å²) in [7, 11) is 0. The molecular weight excluding hydrogens is 765 g/mol. The molecule has 11 aromatic carbocycles. The first-order chi connectivity index (χ1) is 31.2. The number of benzene rings is 11. The van der Waals surface area contributed by atoms with Gasteiger partial charge in [-0.2, -0.15) is 0 Å². The Labute approximate surface area is 363 Å². The van der Waals surface area contributed by atoms with E-state index in [4.69, 9.17) is 4.42 Å². The molecule has 0 radical (unpaired) electrons. The molecule has 3 heteroatoms. The second kappa shape index (κ2) is 14.1. The van der Waals surface area contributed by atoms with Crippen LogP contribution in [0.1, 0.15) is 0 Å². The topological polar surface area (TPSA) is 21.3 Å². The Morgan fingerprint density at radius 3 is 1.60 bits per heavy atom. The molecule has 2 heterocycles. The van der Waals surface area contributed by atoms with Crippen molar-refractivity contribution in [1.29, 1.82) is 0 Å². The summed E-state index contributed by atoms with van der Waals surface area (Å²) in [6.07, 6.45) is 0. The van der Waals surface area contributed by atoms with Crippen LogP contribution in [0.15, 0.2) is 235 Å². The number of para-hydroxylation sites is 4. The molecule has 0 aliphatic carbocycles. The summed E-state index contributed by atoms with van der Waals surface area (Å²) >= 11 is 0. The molecule has 0 bridgehead atoms. The van der Waals surface area contributed by atoms with Gasteiger partial charge in [-0.15, -0.1) is 0 Å². The van der Waals surface area contributed by atoms with Crippen LogP contribution in [0.4, 0.5) is 17.1 Å². The molecule has 0 unspecified atom stereocenters. The molecule has 0 spiro atoms. The van der Waals surface area contributed by atoms with Gasteiger partial charge in [0.2, 0.25) is 0 Å². The Morgan fingerprint density at radius 1 is 0.333 bits per heavy atom. The first kappa shape index (κ1) is 35.4. The van der Waals surface area contributed by atoms with Gasteiger partial charge in [-0.05, 0) is 116 Å². The van der Waals surface area contributed by atoms with Crippen LogP contribution in [0.25, 0.3) is 104 Å². The maximum atomic E-state index is 6.83. The zero-order valence-electron chi connectivity index (χ0n) is 34.2. The molecule has 0 aliphatic rings. The Balaban J connectivity index is 0.995. The van der Waals surface area contributed by atoms with E-state index in [2.05, 4.69) is 240 Å². The number of rotatable bonds is 6. The van der Waals surface area contributed by atoms with Crippen LogP contribution in [-0.2, 0) is 0 Å². The number of fused-ring (bicyclic) bond motifs is 10. The van der Waals surface area contributed by atoms with Crippen molar-refractivity contribution in [1.82, 2.24) is 4.57 Å². The van der Waals surface area contributed by atoms with E-state index in [1.807, 2.05) is 0 Å². The highest BCUT2D eigenvalue weighted by atomic mass is 16.3. The SMILES string of the molecule is c1ccc(N(c2ccc(-c3cc4ccccc4c4ccccc34)cc2)c2ccc(-n3c4ccccc4c4ccccc43)cc2)c(-c2cccc3c2oc2cc4ccccc4cc23)c1. The van der Waals surface area contributed by atoms with Crippen molar-refractivity contribution in [2.75, 3.05) is 4.90 Å². The maximum absolute atomic E-state index is 6.83. The van der Waals surface area contributed by atoms with Crippen LogP contribution in [-0.4, -0.2) is 4.57 Å². The minimum absolute atomic E-state index is 0.885. The van der Waals surface area contributed by atoms with Crippen molar-refractivity contribution in [3.05, 3.63) is 231 Å². The zero-order chi connectivity index (χ0) is 41.4. The quantitative estimate of drug-likeness (QED) is 0.156. The number of hydrogen-bond acceptors (Lipinski definition) is 2. The number of aromatic nitrogens is 1. The Kier molecular flexibility index (Phi) is 7.91. The summed E-state index contributed by atoms with van der Waals surface area (Å²) in [5.74, 6) is 0. The van der Waals surface area contributed by atoms with Crippen LogP contribution >= 0.6 is 0 Å². The molecular formula is C60H38N2O. The first-order valence-corrected chi connectivity index (χ1v) is 21.6. The van der Waals surface area contributed by atoms with E-state index in [-0.39, 0.29) is 0 Å². The number of hydrogen-bond donors (Lipinski definition) is 0. The van der Waals surface area contributed by atoms with Crippen LogP contribution < -0.4 is 4.90 Å². The van der Waals surface area contributed by atoms with Crippen molar-refractivity contribution in [3.8, 4) is 27.9 Å². The molecule has 2 aromatic heterocycles. The van der Waals surface area contributed by atoms with Gasteiger partial charge >= 0.3 is 0 Å². The lowest BCUT2D eigenvalue weighted by atomic mass is 9.93. The van der Waals surface area contributed by atoms with Crippen molar-refractivity contribution in [2.45, 2.75) is 0 Å². The van der Waals surface area contributed by atoms with Crippen LogP contribution in [0.3, 0.4) is 0 Å². The van der Waals surface area contributed by atoms with Gasteiger partial charge < -0.3 is 13.9 Å². The van der Waals surface area contributed by atoms with E-state index in [1.54, 1.807) is 0 Å². The van der Waals surface area contributed by atoms with Gasteiger partial charge in [0, 0.05) is 49.7 Å². The molecule has 0 saturated heterocycles. The summed E-state index contributed by atoms with van der Waals surface area (Å²) in [5, 5.41) is 12.1. The number of furan rings is 1. The maximum Gasteiger partial charge on any atom is 0.143 e. The van der Waals surface area contributed by atoms with Crippen molar-refractivity contribution >= 4 is 93.1 Å². The summed E-state index contributed by atoms with van der Waals surface area (Å²) in [6.45, 7) is 0. The fourth-order valence-corrected chi connectivity index (χ4v) is 10.1. The third kappa shape index (κ3) is 5.60. The second-order valence-corrected chi connectivity index (χ2v) is 16.5. The predicted molar refractivity (Wildman–Crippen MR) is 266 cm³/mol. The normalized spacial score (nSPS) is 11.8. The van der Waals surface area contributed by atoms with E-state index >= 15 is 0 Å². The van der Waals surface area contributed by atoms with E-state index in [0.29, 0.717) is 0 Å².